The highest BCUT2D eigenvalue weighted by molar-refractivity contribution is 5.95. The number of carbonyl (C=O) groups excluding carboxylic acids is 1. The first-order valence-corrected chi connectivity index (χ1v) is 9.54. The molecule has 150 valence electrons. The molecule has 0 bridgehead atoms. The van der Waals surface area contributed by atoms with Crippen LogP contribution >= 0.6 is 0 Å². The molecule has 1 amide bonds. The summed E-state index contributed by atoms with van der Waals surface area (Å²) in [4.78, 5) is 26.2. The van der Waals surface area contributed by atoms with Crippen LogP contribution in [-0.4, -0.2) is 61.2 Å². The molecule has 0 aliphatic carbocycles. The second kappa shape index (κ2) is 8.46. The Hall–Kier alpha value is -2.83. The molecule has 2 heterocycles. The zero-order valence-corrected chi connectivity index (χ0v) is 17.2. The summed E-state index contributed by atoms with van der Waals surface area (Å²) in [5.41, 5.74) is 1.57. The van der Waals surface area contributed by atoms with Crippen molar-refractivity contribution in [2.75, 3.05) is 45.3 Å². The number of piperazine rings is 1. The van der Waals surface area contributed by atoms with Crippen LogP contribution < -0.4 is 14.4 Å². The van der Waals surface area contributed by atoms with E-state index in [0.717, 1.165) is 30.4 Å². The molecule has 1 saturated heterocycles. The number of carbonyl (C=O) groups is 1. The van der Waals surface area contributed by atoms with E-state index in [-0.39, 0.29) is 11.8 Å². The molecule has 3 rings (SSSR count). The number of amides is 1. The average Bonchev–Trinajstić information content (AvgIpc) is 2.72. The predicted molar refractivity (Wildman–Crippen MR) is 109 cm³/mol. The topological polar surface area (TPSA) is 67.8 Å². The molecule has 1 aliphatic heterocycles. The van der Waals surface area contributed by atoms with E-state index in [9.17, 15) is 4.79 Å². The number of benzene rings is 1. The van der Waals surface area contributed by atoms with Gasteiger partial charge in [-0.05, 0) is 25.1 Å². The normalized spacial score (nSPS) is 14.4. The number of anilines is 1. The van der Waals surface area contributed by atoms with Crippen LogP contribution in [0.1, 0.15) is 41.6 Å². The fourth-order valence-corrected chi connectivity index (χ4v) is 3.29. The van der Waals surface area contributed by atoms with Crippen LogP contribution in [0.25, 0.3) is 0 Å². The van der Waals surface area contributed by atoms with Crippen LogP contribution in [0.15, 0.2) is 24.3 Å². The van der Waals surface area contributed by atoms with Gasteiger partial charge < -0.3 is 19.3 Å². The van der Waals surface area contributed by atoms with Gasteiger partial charge in [0.1, 0.15) is 11.6 Å². The van der Waals surface area contributed by atoms with Crippen molar-refractivity contribution in [3.8, 4) is 11.5 Å². The number of ether oxygens (including phenoxy) is 2. The highest BCUT2D eigenvalue weighted by Crippen LogP contribution is 2.28. The van der Waals surface area contributed by atoms with E-state index in [1.807, 2.05) is 17.9 Å². The van der Waals surface area contributed by atoms with Crippen molar-refractivity contribution in [2.24, 2.45) is 0 Å². The summed E-state index contributed by atoms with van der Waals surface area (Å²) in [5.74, 6) is 3.26. The lowest BCUT2D eigenvalue weighted by Crippen LogP contribution is -2.49. The Bertz CT molecular complexity index is 846. The SMILES string of the molecule is COc1ccc(C(=O)N2CCN(c3cc(C)nc(C(C)C)n3)CC2)cc1OC. The van der Waals surface area contributed by atoms with Crippen LogP contribution in [-0.2, 0) is 0 Å². The second-order valence-electron chi connectivity index (χ2n) is 7.23. The van der Waals surface area contributed by atoms with E-state index in [2.05, 4.69) is 23.7 Å². The molecule has 1 aliphatic rings. The third kappa shape index (κ3) is 4.18. The lowest BCUT2D eigenvalue weighted by Gasteiger charge is -2.35. The van der Waals surface area contributed by atoms with Crippen LogP contribution in [0.4, 0.5) is 5.82 Å². The summed E-state index contributed by atoms with van der Waals surface area (Å²) in [6, 6.07) is 7.28. The maximum atomic E-state index is 12.9. The molecule has 0 spiro atoms. The fourth-order valence-electron chi connectivity index (χ4n) is 3.29. The lowest BCUT2D eigenvalue weighted by atomic mass is 10.1. The highest BCUT2D eigenvalue weighted by Gasteiger charge is 2.24. The Morgan fingerprint density at radius 3 is 2.29 bits per heavy atom. The van der Waals surface area contributed by atoms with Gasteiger partial charge in [-0.15, -0.1) is 0 Å². The first-order chi connectivity index (χ1) is 13.4. The zero-order chi connectivity index (χ0) is 20.3. The van der Waals surface area contributed by atoms with Crippen molar-refractivity contribution < 1.29 is 14.3 Å². The summed E-state index contributed by atoms with van der Waals surface area (Å²) < 4.78 is 10.6. The minimum Gasteiger partial charge on any atom is -0.493 e. The predicted octanol–water partition coefficient (Wildman–Crippen LogP) is 2.89. The van der Waals surface area contributed by atoms with Crippen LogP contribution in [0, 0.1) is 6.92 Å². The first-order valence-electron chi connectivity index (χ1n) is 9.54. The number of methoxy groups -OCH3 is 2. The minimum atomic E-state index is 0.00217. The van der Waals surface area contributed by atoms with Crippen molar-refractivity contribution in [2.45, 2.75) is 26.7 Å². The number of nitrogens with zero attached hydrogens (tertiary/aromatic N) is 4. The lowest BCUT2D eigenvalue weighted by molar-refractivity contribution is 0.0746. The van der Waals surface area contributed by atoms with E-state index >= 15 is 0 Å². The molecule has 28 heavy (non-hydrogen) atoms. The van der Waals surface area contributed by atoms with Crippen molar-refractivity contribution in [1.29, 1.82) is 0 Å². The van der Waals surface area contributed by atoms with Gasteiger partial charge in [0.15, 0.2) is 11.5 Å². The number of hydrogen-bond acceptors (Lipinski definition) is 6. The molecular formula is C21H28N4O3. The molecule has 2 aromatic rings. The van der Waals surface area contributed by atoms with Gasteiger partial charge >= 0.3 is 0 Å². The summed E-state index contributed by atoms with van der Waals surface area (Å²) in [6.45, 7) is 8.96. The molecule has 1 fully saturated rings. The third-order valence-corrected chi connectivity index (χ3v) is 4.90. The van der Waals surface area contributed by atoms with Crippen molar-refractivity contribution in [3.63, 3.8) is 0 Å². The molecular weight excluding hydrogens is 356 g/mol. The van der Waals surface area contributed by atoms with E-state index in [1.165, 1.54) is 0 Å². The largest absolute Gasteiger partial charge is 0.493 e. The van der Waals surface area contributed by atoms with Gasteiger partial charge in [-0.2, -0.15) is 0 Å². The molecule has 0 atom stereocenters. The minimum absolute atomic E-state index is 0.00217. The maximum Gasteiger partial charge on any atom is 0.254 e. The van der Waals surface area contributed by atoms with E-state index < -0.39 is 0 Å². The van der Waals surface area contributed by atoms with E-state index in [1.54, 1.807) is 32.4 Å². The average molecular weight is 384 g/mol. The standard InChI is InChI=1S/C21H28N4O3/c1-14(2)20-22-15(3)12-19(23-20)24-8-10-25(11-9-24)21(26)16-6-7-17(27-4)18(13-16)28-5/h6-7,12-14H,8-11H2,1-5H3. The Kier molecular flexibility index (Phi) is 6.02. The van der Waals surface area contributed by atoms with Crippen LogP contribution in [0.3, 0.4) is 0 Å². The molecule has 0 unspecified atom stereocenters. The monoisotopic (exact) mass is 384 g/mol. The maximum absolute atomic E-state index is 12.9. The Morgan fingerprint density at radius 2 is 1.68 bits per heavy atom. The number of hydrogen-bond donors (Lipinski definition) is 0. The molecule has 7 nitrogen and oxygen atoms in total. The summed E-state index contributed by atoms with van der Waals surface area (Å²) in [6.07, 6.45) is 0. The van der Waals surface area contributed by atoms with Crippen LogP contribution in [0.2, 0.25) is 0 Å². The van der Waals surface area contributed by atoms with Gasteiger partial charge in [0.25, 0.3) is 5.91 Å². The number of rotatable bonds is 5. The molecule has 1 aromatic carbocycles. The zero-order valence-electron chi connectivity index (χ0n) is 17.2. The summed E-state index contributed by atoms with van der Waals surface area (Å²) in [7, 11) is 3.15. The van der Waals surface area contributed by atoms with Gasteiger partial charge in [-0.25, -0.2) is 9.97 Å². The third-order valence-electron chi connectivity index (χ3n) is 4.90. The Balaban J connectivity index is 1.69. The molecule has 0 saturated carbocycles. The fraction of sp³-hybridized carbons (Fsp3) is 0.476. The Labute approximate surface area is 166 Å². The quantitative estimate of drug-likeness (QED) is 0.790. The molecule has 7 heteroatoms. The summed E-state index contributed by atoms with van der Waals surface area (Å²) >= 11 is 0. The highest BCUT2D eigenvalue weighted by atomic mass is 16.5. The van der Waals surface area contributed by atoms with Gasteiger partial charge in [-0.1, -0.05) is 13.8 Å². The van der Waals surface area contributed by atoms with Crippen molar-refractivity contribution in [1.82, 2.24) is 14.9 Å². The Morgan fingerprint density at radius 1 is 1.00 bits per heavy atom. The van der Waals surface area contributed by atoms with E-state index in [0.29, 0.717) is 30.2 Å². The molecule has 0 radical (unpaired) electrons. The van der Waals surface area contributed by atoms with Crippen molar-refractivity contribution in [3.05, 3.63) is 41.3 Å². The number of aryl methyl sites for hydroxylation is 1. The first kappa shape index (κ1) is 19.9. The molecule has 0 N–H and O–H groups in total. The summed E-state index contributed by atoms with van der Waals surface area (Å²) in [5, 5.41) is 0. The number of aromatic nitrogens is 2. The van der Waals surface area contributed by atoms with Gasteiger partial charge in [0.2, 0.25) is 0 Å². The second-order valence-corrected chi connectivity index (χ2v) is 7.23. The van der Waals surface area contributed by atoms with Gasteiger partial charge in [0, 0.05) is 49.4 Å². The van der Waals surface area contributed by atoms with Gasteiger partial charge in [0.05, 0.1) is 14.2 Å². The van der Waals surface area contributed by atoms with Crippen molar-refractivity contribution >= 4 is 11.7 Å². The molecule has 1 aromatic heterocycles. The van der Waals surface area contributed by atoms with Crippen LogP contribution in [0.5, 0.6) is 11.5 Å². The van der Waals surface area contributed by atoms with E-state index in [4.69, 9.17) is 14.5 Å². The smallest absolute Gasteiger partial charge is 0.254 e. The van der Waals surface area contributed by atoms with Gasteiger partial charge in [-0.3, -0.25) is 4.79 Å².